The number of pyridine rings is 2. The minimum absolute atomic E-state index is 0.287. The van der Waals surface area contributed by atoms with Gasteiger partial charge in [-0.25, -0.2) is 9.78 Å². The highest BCUT2D eigenvalue weighted by Gasteiger charge is 2.48. The van der Waals surface area contributed by atoms with Crippen LogP contribution in [0.15, 0.2) is 77.4 Å². The Balaban J connectivity index is 1.62. The second kappa shape index (κ2) is 12.2. The molecule has 1 saturated heterocycles. The normalized spacial score (nSPS) is 19.9. The van der Waals surface area contributed by atoms with Gasteiger partial charge in [0.25, 0.3) is 0 Å². The first-order valence-electron chi connectivity index (χ1n) is 14.0. The number of hydrogen-bond acceptors (Lipinski definition) is 6. The Kier molecular flexibility index (Phi) is 8.78. The molecule has 7 nitrogen and oxygen atoms in total. The fourth-order valence-corrected chi connectivity index (χ4v) is 6.34. The summed E-state index contributed by atoms with van der Waals surface area (Å²) in [6.07, 6.45) is 2.41. The Labute approximate surface area is 260 Å². The Hall–Kier alpha value is -3.20. The summed E-state index contributed by atoms with van der Waals surface area (Å²) in [6.45, 7) is 5.87. The first kappa shape index (κ1) is 30.3. The van der Waals surface area contributed by atoms with Crippen molar-refractivity contribution in [2.45, 2.75) is 63.2 Å². The van der Waals surface area contributed by atoms with Crippen LogP contribution in [0, 0.1) is 0 Å². The number of likely N-dealkylation sites (tertiary alicyclic amines) is 1. The Morgan fingerprint density at radius 2 is 1.93 bits per heavy atom. The quantitative estimate of drug-likeness (QED) is 0.231. The number of ether oxygens (including phenoxy) is 2. The van der Waals surface area contributed by atoms with Crippen LogP contribution in [-0.4, -0.2) is 57.0 Å². The van der Waals surface area contributed by atoms with Gasteiger partial charge in [-0.3, -0.25) is 4.98 Å². The van der Waals surface area contributed by atoms with E-state index < -0.39 is 23.2 Å². The third kappa shape index (κ3) is 6.72. The molecule has 42 heavy (non-hydrogen) atoms. The Bertz CT molecular complexity index is 1560. The molecule has 0 aliphatic carbocycles. The van der Waals surface area contributed by atoms with Crippen LogP contribution in [0.5, 0.6) is 5.88 Å². The van der Waals surface area contributed by atoms with Gasteiger partial charge in [0.05, 0.1) is 18.2 Å². The van der Waals surface area contributed by atoms with Gasteiger partial charge in [-0.2, -0.15) is 0 Å². The number of methoxy groups -OCH3 is 1. The van der Waals surface area contributed by atoms with Crippen molar-refractivity contribution < 1.29 is 19.4 Å². The smallest absolute Gasteiger partial charge is 0.410 e. The van der Waals surface area contributed by atoms with Crippen LogP contribution in [0.1, 0.15) is 56.4 Å². The maximum atomic E-state index is 13.4. The summed E-state index contributed by atoms with van der Waals surface area (Å²) in [7, 11) is 1.59. The number of amides is 1. The summed E-state index contributed by atoms with van der Waals surface area (Å²) in [5.41, 5.74) is 1.34. The third-order valence-electron chi connectivity index (χ3n) is 7.63. The molecule has 9 heteroatoms. The van der Waals surface area contributed by atoms with Crippen molar-refractivity contribution in [2.75, 3.05) is 13.7 Å². The number of benzene rings is 2. The van der Waals surface area contributed by atoms with E-state index in [1.165, 1.54) is 0 Å². The molecule has 0 radical (unpaired) electrons. The van der Waals surface area contributed by atoms with Gasteiger partial charge in [0.1, 0.15) is 5.60 Å². The van der Waals surface area contributed by atoms with E-state index in [0.29, 0.717) is 30.3 Å². The third-order valence-corrected chi connectivity index (χ3v) is 8.37. The molecule has 0 spiro atoms. The van der Waals surface area contributed by atoms with Crippen LogP contribution in [0.25, 0.3) is 10.9 Å². The molecule has 5 rings (SSSR count). The number of halogens is 2. The van der Waals surface area contributed by atoms with E-state index in [-0.39, 0.29) is 12.5 Å². The number of fused-ring (bicyclic) bond motifs is 1. The van der Waals surface area contributed by atoms with Crippen LogP contribution in [0.3, 0.4) is 0 Å². The van der Waals surface area contributed by atoms with Gasteiger partial charge < -0.3 is 19.5 Å². The molecular formula is C33H35BrClN3O4. The summed E-state index contributed by atoms with van der Waals surface area (Å²) in [4.78, 5) is 24.5. The standard InChI is InChI=1S/C33H35BrClN3O4/c1-32(2,3)42-31(39)38-16-14-33(40,20-26(38)19-25-7-5-6-15-36-25)29(21-8-11-24(35)12-9-21)27-18-22-17-23(34)10-13-28(22)37-30(27)41-4/h5-13,15,17-18,26,29,40H,14,16,19-20H2,1-4H3/t26?,29-,33?/m1/s1. The number of aromatic nitrogens is 2. The number of carbonyl (C=O) groups excluding carboxylic acids is 1. The van der Waals surface area contributed by atoms with Gasteiger partial charge >= 0.3 is 6.09 Å². The molecule has 1 fully saturated rings. The van der Waals surface area contributed by atoms with Crippen molar-refractivity contribution in [1.82, 2.24) is 14.9 Å². The average molecular weight is 653 g/mol. The molecule has 3 atom stereocenters. The van der Waals surface area contributed by atoms with E-state index in [1.54, 1.807) is 18.2 Å². The number of nitrogens with zero attached hydrogens (tertiary/aromatic N) is 3. The second-order valence-corrected chi connectivity index (χ2v) is 13.2. The molecule has 2 unspecified atom stereocenters. The predicted molar refractivity (Wildman–Crippen MR) is 168 cm³/mol. The number of aliphatic hydroxyl groups is 1. The van der Waals surface area contributed by atoms with Crippen molar-refractivity contribution in [3.8, 4) is 5.88 Å². The highest BCUT2D eigenvalue weighted by atomic mass is 79.9. The van der Waals surface area contributed by atoms with Crippen molar-refractivity contribution in [2.24, 2.45) is 0 Å². The Morgan fingerprint density at radius 3 is 2.60 bits per heavy atom. The monoisotopic (exact) mass is 651 g/mol. The fraction of sp³-hybridized carbons (Fsp3) is 0.364. The molecule has 0 saturated carbocycles. The minimum atomic E-state index is -1.26. The van der Waals surface area contributed by atoms with Gasteiger partial charge in [-0.05, 0) is 87.7 Å². The highest BCUT2D eigenvalue weighted by molar-refractivity contribution is 9.10. The summed E-state index contributed by atoms with van der Waals surface area (Å²) in [5.74, 6) is -0.0818. The molecule has 2 aromatic heterocycles. The van der Waals surface area contributed by atoms with Crippen LogP contribution >= 0.6 is 27.5 Å². The van der Waals surface area contributed by atoms with Gasteiger partial charge in [-0.15, -0.1) is 0 Å². The average Bonchev–Trinajstić information content (AvgIpc) is 2.93. The molecule has 1 amide bonds. The van der Waals surface area contributed by atoms with Gasteiger partial charge in [0.15, 0.2) is 0 Å². The van der Waals surface area contributed by atoms with Crippen molar-refractivity contribution in [1.29, 1.82) is 0 Å². The molecule has 4 aromatic rings. The number of piperidine rings is 1. The molecule has 2 aromatic carbocycles. The lowest BCUT2D eigenvalue weighted by atomic mass is 9.70. The lowest BCUT2D eigenvalue weighted by Gasteiger charge is -2.47. The predicted octanol–water partition coefficient (Wildman–Crippen LogP) is 7.56. The van der Waals surface area contributed by atoms with E-state index in [1.807, 2.05) is 87.5 Å². The lowest BCUT2D eigenvalue weighted by molar-refractivity contribution is -0.0631. The van der Waals surface area contributed by atoms with Crippen molar-refractivity contribution in [3.05, 3.63) is 99.2 Å². The van der Waals surface area contributed by atoms with E-state index in [0.717, 1.165) is 32.2 Å². The zero-order valence-electron chi connectivity index (χ0n) is 24.2. The van der Waals surface area contributed by atoms with Gasteiger partial charge in [0.2, 0.25) is 5.88 Å². The summed E-state index contributed by atoms with van der Waals surface area (Å²) in [5, 5.41) is 14.2. The fourth-order valence-electron chi connectivity index (χ4n) is 5.83. The van der Waals surface area contributed by atoms with E-state index in [4.69, 9.17) is 26.1 Å². The van der Waals surface area contributed by atoms with Crippen molar-refractivity contribution in [3.63, 3.8) is 0 Å². The molecule has 0 bridgehead atoms. The molecule has 220 valence electrons. The van der Waals surface area contributed by atoms with Crippen LogP contribution in [0.4, 0.5) is 4.79 Å². The van der Waals surface area contributed by atoms with Crippen LogP contribution in [0.2, 0.25) is 5.02 Å². The SMILES string of the molecule is COc1nc2ccc(Br)cc2cc1[C@@H](c1ccc(Cl)cc1)C1(O)CCN(C(=O)OC(C)(C)C)C(Cc2ccccn2)C1. The lowest BCUT2D eigenvalue weighted by Crippen LogP contribution is -2.56. The van der Waals surface area contributed by atoms with Gasteiger partial charge in [-0.1, -0.05) is 45.7 Å². The van der Waals surface area contributed by atoms with E-state index in [2.05, 4.69) is 20.9 Å². The van der Waals surface area contributed by atoms with Crippen molar-refractivity contribution >= 4 is 44.5 Å². The van der Waals surface area contributed by atoms with Crippen LogP contribution in [-0.2, 0) is 11.2 Å². The number of carbonyl (C=O) groups is 1. The van der Waals surface area contributed by atoms with Gasteiger partial charge in [0, 0.05) is 57.3 Å². The number of rotatable bonds is 6. The topological polar surface area (TPSA) is 84.8 Å². The number of hydrogen-bond donors (Lipinski definition) is 1. The molecule has 3 heterocycles. The molecule has 1 aliphatic heterocycles. The first-order chi connectivity index (χ1) is 20.0. The summed E-state index contributed by atoms with van der Waals surface area (Å²) < 4.78 is 12.5. The zero-order chi connectivity index (χ0) is 30.1. The second-order valence-electron chi connectivity index (χ2n) is 11.8. The van der Waals surface area contributed by atoms with E-state index in [9.17, 15) is 9.90 Å². The Morgan fingerprint density at radius 1 is 1.17 bits per heavy atom. The zero-order valence-corrected chi connectivity index (χ0v) is 26.5. The molecule has 1 N–H and O–H groups in total. The largest absolute Gasteiger partial charge is 0.481 e. The molecular weight excluding hydrogens is 618 g/mol. The summed E-state index contributed by atoms with van der Waals surface area (Å²) in [6, 6.07) is 20.8. The van der Waals surface area contributed by atoms with Crippen LogP contribution < -0.4 is 4.74 Å². The molecule has 1 aliphatic rings. The minimum Gasteiger partial charge on any atom is -0.481 e. The van der Waals surface area contributed by atoms with E-state index >= 15 is 0 Å². The summed E-state index contributed by atoms with van der Waals surface area (Å²) >= 11 is 9.86. The maximum absolute atomic E-state index is 13.4. The first-order valence-corrected chi connectivity index (χ1v) is 15.1. The highest BCUT2D eigenvalue weighted by Crippen LogP contribution is 2.47. The maximum Gasteiger partial charge on any atom is 0.410 e.